The third kappa shape index (κ3) is 1.52. The van der Waals surface area contributed by atoms with Crippen LogP contribution in [0.15, 0.2) is 28.7 Å². The van der Waals surface area contributed by atoms with Crippen molar-refractivity contribution in [1.29, 1.82) is 0 Å². The lowest BCUT2D eigenvalue weighted by molar-refractivity contribution is -0.128. The Balaban J connectivity index is 2.29. The number of Topliss-reactive ketones (excluding diaryl/α,β-unsaturated/α-hetero) is 1. The van der Waals surface area contributed by atoms with Gasteiger partial charge in [-0.1, -0.05) is 35.0 Å². The van der Waals surface area contributed by atoms with Crippen LogP contribution in [-0.2, 0) is 10.2 Å². The fraction of sp³-hybridized carbons (Fsp3) is 0.417. The van der Waals surface area contributed by atoms with Crippen LogP contribution in [0.25, 0.3) is 0 Å². The monoisotopic (exact) mass is 252 g/mol. The first-order chi connectivity index (χ1) is 6.66. The highest BCUT2D eigenvalue weighted by atomic mass is 79.9. The minimum absolute atomic E-state index is 0.151. The topological polar surface area (TPSA) is 17.1 Å². The summed E-state index contributed by atoms with van der Waals surface area (Å²) >= 11 is 3.42. The van der Waals surface area contributed by atoms with Gasteiger partial charge in [-0.2, -0.15) is 0 Å². The van der Waals surface area contributed by atoms with Gasteiger partial charge in [-0.15, -0.1) is 0 Å². The molecule has 1 aliphatic rings. The summed E-state index contributed by atoms with van der Waals surface area (Å²) in [6.07, 6.45) is 2.51. The van der Waals surface area contributed by atoms with Crippen LogP contribution in [0.1, 0.15) is 31.7 Å². The molecule has 0 amide bonds. The molecule has 74 valence electrons. The number of benzene rings is 1. The van der Waals surface area contributed by atoms with Crippen LogP contribution in [0.2, 0.25) is 0 Å². The highest BCUT2D eigenvalue weighted by molar-refractivity contribution is 9.10. The fourth-order valence-electron chi connectivity index (χ4n) is 2.16. The van der Waals surface area contributed by atoms with Crippen LogP contribution in [-0.4, -0.2) is 5.78 Å². The third-order valence-electron chi connectivity index (χ3n) is 3.20. The summed E-state index contributed by atoms with van der Waals surface area (Å²) < 4.78 is 1.10. The van der Waals surface area contributed by atoms with Gasteiger partial charge in [0.2, 0.25) is 0 Å². The Morgan fingerprint density at radius 1 is 1.29 bits per heavy atom. The SMILES string of the molecule is CCC1(c2ccc(Br)cc2)CC(=O)C1. The van der Waals surface area contributed by atoms with Crippen molar-refractivity contribution in [3.63, 3.8) is 0 Å². The predicted octanol–water partition coefficient (Wildman–Crippen LogP) is 3.46. The standard InChI is InChI=1S/C12H13BrO/c1-2-12(7-11(14)8-12)9-3-5-10(13)6-4-9/h3-6H,2,7-8H2,1H3. The lowest BCUT2D eigenvalue weighted by Gasteiger charge is -2.40. The lowest BCUT2D eigenvalue weighted by atomic mass is 9.62. The zero-order valence-corrected chi connectivity index (χ0v) is 9.80. The summed E-state index contributed by atoms with van der Waals surface area (Å²) in [4.78, 5) is 11.1. The summed E-state index contributed by atoms with van der Waals surface area (Å²) in [6, 6.07) is 8.35. The first-order valence-electron chi connectivity index (χ1n) is 4.94. The Labute approximate surface area is 92.6 Å². The third-order valence-corrected chi connectivity index (χ3v) is 3.73. The van der Waals surface area contributed by atoms with Gasteiger partial charge >= 0.3 is 0 Å². The average molecular weight is 253 g/mol. The van der Waals surface area contributed by atoms with Crippen molar-refractivity contribution < 1.29 is 4.79 Å². The number of ketones is 1. The molecule has 1 fully saturated rings. The van der Waals surface area contributed by atoms with Crippen molar-refractivity contribution in [2.45, 2.75) is 31.6 Å². The van der Waals surface area contributed by atoms with Crippen molar-refractivity contribution in [3.8, 4) is 0 Å². The van der Waals surface area contributed by atoms with E-state index in [1.807, 2.05) is 0 Å². The Kier molecular flexibility index (Phi) is 2.48. The molecule has 14 heavy (non-hydrogen) atoms. The molecule has 0 aliphatic heterocycles. The largest absolute Gasteiger partial charge is 0.300 e. The van der Waals surface area contributed by atoms with E-state index < -0.39 is 0 Å². The molecule has 0 bridgehead atoms. The van der Waals surface area contributed by atoms with Crippen LogP contribution in [0, 0.1) is 0 Å². The Morgan fingerprint density at radius 2 is 1.86 bits per heavy atom. The van der Waals surface area contributed by atoms with Crippen LogP contribution < -0.4 is 0 Å². The number of hydrogen-bond donors (Lipinski definition) is 0. The molecule has 0 unspecified atom stereocenters. The second kappa shape index (κ2) is 3.50. The van der Waals surface area contributed by atoms with Crippen LogP contribution >= 0.6 is 15.9 Å². The molecule has 0 saturated heterocycles. The molecule has 0 N–H and O–H groups in total. The zero-order valence-electron chi connectivity index (χ0n) is 8.22. The van der Waals surface area contributed by atoms with E-state index in [0.29, 0.717) is 5.78 Å². The van der Waals surface area contributed by atoms with Gasteiger partial charge in [-0.25, -0.2) is 0 Å². The summed E-state index contributed by atoms with van der Waals surface area (Å²) in [5.41, 5.74) is 1.46. The quantitative estimate of drug-likeness (QED) is 0.788. The first kappa shape index (κ1) is 9.91. The van der Waals surface area contributed by atoms with E-state index >= 15 is 0 Å². The van der Waals surface area contributed by atoms with Gasteiger partial charge in [-0.3, -0.25) is 4.79 Å². The summed E-state index contributed by atoms with van der Waals surface area (Å²) in [7, 11) is 0. The van der Waals surface area contributed by atoms with E-state index in [1.54, 1.807) is 0 Å². The molecule has 1 saturated carbocycles. The van der Waals surface area contributed by atoms with Gasteiger partial charge in [0.05, 0.1) is 0 Å². The molecule has 2 rings (SSSR count). The van der Waals surface area contributed by atoms with Gasteiger partial charge in [-0.05, 0) is 24.1 Å². The zero-order chi connectivity index (χ0) is 10.2. The molecule has 0 heterocycles. The number of carbonyl (C=O) groups is 1. The molecule has 0 atom stereocenters. The lowest BCUT2D eigenvalue weighted by Crippen LogP contribution is -2.40. The Morgan fingerprint density at radius 3 is 2.29 bits per heavy atom. The van der Waals surface area contributed by atoms with Gasteiger partial charge in [0.1, 0.15) is 5.78 Å². The average Bonchev–Trinajstić information content (AvgIpc) is 2.14. The molecule has 1 aromatic rings. The molecule has 1 aromatic carbocycles. The predicted molar refractivity (Wildman–Crippen MR) is 60.4 cm³/mol. The van der Waals surface area contributed by atoms with E-state index in [2.05, 4.69) is 47.1 Å². The smallest absolute Gasteiger partial charge is 0.134 e. The van der Waals surface area contributed by atoms with Crippen molar-refractivity contribution in [2.75, 3.05) is 0 Å². The van der Waals surface area contributed by atoms with E-state index in [-0.39, 0.29) is 5.41 Å². The first-order valence-corrected chi connectivity index (χ1v) is 5.73. The number of halogens is 1. The number of rotatable bonds is 2. The molecule has 0 spiro atoms. The molecular formula is C12H13BrO. The molecular weight excluding hydrogens is 240 g/mol. The van der Waals surface area contributed by atoms with E-state index in [1.165, 1.54) is 5.56 Å². The van der Waals surface area contributed by atoms with Gasteiger partial charge in [0.25, 0.3) is 0 Å². The highest BCUT2D eigenvalue weighted by Crippen LogP contribution is 2.44. The number of carbonyl (C=O) groups excluding carboxylic acids is 1. The van der Waals surface area contributed by atoms with E-state index in [0.717, 1.165) is 23.7 Å². The molecule has 1 nitrogen and oxygen atoms in total. The highest BCUT2D eigenvalue weighted by Gasteiger charge is 2.42. The maximum Gasteiger partial charge on any atom is 0.134 e. The molecule has 1 aliphatic carbocycles. The molecule has 2 heteroatoms. The Hall–Kier alpha value is -0.630. The van der Waals surface area contributed by atoms with Crippen molar-refractivity contribution in [1.82, 2.24) is 0 Å². The minimum atomic E-state index is 0.151. The minimum Gasteiger partial charge on any atom is -0.300 e. The number of hydrogen-bond acceptors (Lipinski definition) is 1. The van der Waals surface area contributed by atoms with Gasteiger partial charge in [0, 0.05) is 22.7 Å². The summed E-state index contributed by atoms with van der Waals surface area (Å²) in [6.45, 7) is 2.16. The fourth-order valence-corrected chi connectivity index (χ4v) is 2.43. The van der Waals surface area contributed by atoms with E-state index in [4.69, 9.17) is 0 Å². The van der Waals surface area contributed by atoms with Gasteiger partial charge in [0.15, 0.2) is 0 Å². The molecule has 0 radical (unpaired) electrons. The van der Waals surface area contributed by atoms with Crippen LogP contribution in [0.4, 0.5) is 0 Å². The van der Waals surface area contributed by atoms with Crippen LogP contribution in [0.3, 0.4) is 0 Å². The normalized spacial score (nSPS) is 19.1. The van der Waals surface area contributed by atoms with Crippen LogP contribution in [0.5, 0.6) is 0 Å². The second-order valence-electron chi connectivity index (χ2n) is 4.03. The van der Waals surface area contributed by atoms with Crippen molar-refractivity contribution in [3.05, 3.63) is 34.3 Å². The molecule has 0 aromatic heterocycles. The Bertz CT molecular complexity index is 345. The van der Waals surface area contributed by atoms with E-state index in [9.17, 15) is 4.79 Å². The van der Waals surface area contributed by atoms with Crippen molar-refractivity contribution >= 4 is 21.7 Å². The second-order valence-corrected chi connectivity index (χ2v) is 4.95. The maximum atomic E-state index is 11.1. The summed E-state index contributed by atoms with van der Waals surface area (Å²) in [5.74, 6) is 0.398. The van der Waals surface area contributed by atoms with Gasteiger partial charge < -0.3 is 0 Å². The van der Waals surface area contributed by atoms with Crippen molar-refractivity contribution in [2.24, 2.45) is 0 Å². The summed E-state index contributed by atoms with van der Waals surface area (Å²) in [5, 5.41) is 0. The maximum absolute atomic E-state index is 11.1.